The summed E-state index contributed by atoms with van der Waals surface area (Å²) >= 11 is 0. The van der Waals surface area contributed by atoms with Gasteiger partial charge in [0.25, 0.3) is 0 Å². The van der Waals surface area contributed by atoms with Crippen molar-refractivity contribution in [1.29, 1.82) is 0 Å². The minimum Gasteiger partial charge on any atom is -0.454 e. The summed E-state index contributed by atoms with van der Waals surface area (Å²) in [6, 6.07) is 5.88. The third-order valence-corrected chi connectivity index (χ3v) is 5.36. The number of ether oxygens (including phenoxy) is 2. The quantitative estimate of drug-likeness (QED) is 0.785. The van der Waals surface area contributed by atoms with Crippen LogP contribution in [0.15, 0.2) is 18.2 Å². The molecule has 1 unspecified atom stereocenters. The number of fused-ring (bicyclic) bond motifs is 1. The molecular formula is C20H26N2O4. The molecule has 6 nitrogen and oxygen atoms in total. The molecule has 6 heteroatoms. The maximum atomic E-state index is 13.1. The highest BCUT2D eigenvalue weighted by molar-refractivity contribution is 6.00. The van der Waals surface area contributed by atoms with E-state index in [1.54, 1.807) is 4.90 Å². The number of hydrogen-bond donors (Lipinski definition) is 0. The number of carbonyl (C=O) groups is 2. The Kier molecular flexibility index (Phi) is 4.51. The summed E-state index contributed by atoms with van der Waals surface area (Å²) in [7, 11) is 0. The molecule has 4 rings (SSSR count). The van der Waals surface area contributed by atoms with Gasteiger partial charge in [-0.05, 0) is 37.3 Å². The van der Waals surface area contributed by atoms with Gasteiger partial charge in [0.15, 0.2) is 11.5 Å². The van der Waals surface area contributed by atoms with Gasteiger partial charge in [-0.2, -0.15) is 0 Å². The summed E-state index contributed by atoms with van der Waals surface area (Å²) in [5.41, 5.74) is 0.773. The minimum absolute atomic E-state index is 0.00169. The molecule has 1 aromatic carbocycles. The highest BCUT2D eigenvalue weighted by atomic mass is 16.7. The zero-order valence-corrected chi connectivity index (χ0v) is 15.4. The van der Waals surface area contributed by atoms with E-state index in [-0.39, 0.29) is 30.9 Å². The van der Waals surface area contributed by atoms with Crippen LogP contribution >= 0.6 is 0 Å². The first-order valence-electron chi connectivity index (χ1n) is 9.53. The number of amides is 2. The van der Waals surface area contributed by atoms with Gasteiger partial charge in [0, 0.05) is 37.3 Å². The number of rotatable bonds is 6. The molecule has 1 aromatic rings. The van der Waals surface area contributed by atoms with E-state index in [1.165, 1.54) is 0 Å². The maximum Gasteiger partial charge on any atom is 0.231 e. The molecule has 1 saturated heterocycles. The average Bonchev–Trinajstić information content (AvgIpc) is 3.20. The van der Waals surface area contributed by atoms with Crippen molar-refractivity contribution in [1.82, 2.24) is 4.90 Å². The summed E-state index contributed by atoms with van der Waals surface area (Å²) in [6.07, 6.45) is 3.49. The Balaban J connectivity index is 1.45. The molecule has 1 atom stereocenters. The third kappa shape index (κ3) is 3.37. The Morgan fingerprint density at radius 2 is 2.04 bits per heavy atom. The van der Waals surface area contributed by atoms with Crippen LogP contribution in [0.5, 0.6) is 11.5 Å². The predicted molar refractivity (Wildman–Crippen MR) is 97.2 cm³/mol. The van der Waals surface area contributed by atoms with Gasteiger partial charge in [-0.3, -0.25) is 9.59 Å². The molecule has 0 N–H and O–H groups in total. The van der Waals surface area contributed by atoms with E-state index >= 15 is 0 Å². The molecule has 1 saturated carbocycles. The molecule has 0 aromatic heterocycles. The maximum absolute atomic E-state index is 13.1. The molecule has 1 aliphatic carbocycles. The van der Waals surface area contributed by atoms with E-state index < -0.39 is 0 Å². The van der Waals surface area contributed by atoms with Gasteiger partial charge in [-0.25, -0.2) is 0 Å². The lowest BCUT2D eigenvalue weighted by molar-refractivity contribution is -0.136. The van der Waals surface area contributed by atoms with Crippen molar-refractivity contribution in [3.8, 4) is 11.5 Å². The summed E-state index contributed by atoms with van der Waals surface area (Å²) in [6.45, 7) is 5.81. The van der Waals surface area contributed by atoms with Crippen molar-refractivity contribution in [2.45, 2.75) is 45.6 Å². The minimum atomic E-state index is -0.249. The van der Waals surface area contributed by atoms with Crippen LogP contribution in [0.25, 0.3) is 0 Å². The van der Waals surface area contributed by atoms with Crippen LogP contribution in [0.3, 0.4) is 0 Å². The molecule has 2 aliphatic heterocycles. The van der Waals surface area contributed by atoms with Crippen LogP contribution < -0.4 is 14.4 Å². The summed E-state index contributed by atoms with van der Waals surface area (Å²) in [4.78, 5) is 29.3. The standard InChI is InChI=1S/C20H26N2O4/c1-13(2)7-8-21(15-3-4-15)20(24)14-9-19(23)22(11-14)16-5-6-17-18(10-16)26-12-25-17/h5-6,10,13-15H,3-4,7-9,11-12H2,1-2H3. The third-order valence-electron chi connectivity index (χ3n) is 5.36. The van der Waals surface area contributed by atoms with E-state index in [2.05, 4.69) is 13.8 Å². The van der Waals surface area contributed by atoms with Gasteiger partial charge in [0.1, 0.15) is 0 Å². The van der Waals surface area contributed by atoms with Crippen LogP contribution in [0.1, 0.15) is 39.5 Å². The van der Waals surface area contributed by atoms with Gasteiger partial charge in [-0.1, -0.05) is 13.8 Å². The van der Waals surface area contributed by atoms with E-state index in [1.807, 2.05) is 23.1 Å². The lowest BCUT2D eigenvalue weighted by atomic mass is 10.1. The highest BCUT2D eigenvalue weighted by Gasteiger charge is 2.41. The molecule has 2 amide bonds. The van der Waals surface area contributed by atoms with Gasteiger partial charge < -0.3 is 19.3 Å². The van der Waals surface area contributed by atoms with Crippen LogP contribution in [0, 0.1) is 11.8 Å². The Morgan fingerprint density at radius 1 is 1.27 bits per heavy atom. The van der Waals surface area contributed by atoms with Crippen molar-refractivity contribution < 1.29 is 19.1 Å². The van der Waals surface area contributed by atoms with Crippen molar-refractivity contribution in [2.24, 2.45) is 11.8 Å². The zero-order valence-electron chi connectivity index (χ0n) is 15.4. The summed E-state index contributed by atoms with van der Waals surface area (Å²) in [5.74, 6) is 1.81. The largest absolute Gasteiger partial charge is 0.454 e. The number of benzene rings is 1. The summed E-state index contributed by atoms with van der Waals surface area (Å²) in [5, 5.41) is 0. The lowest BCUT2D eigenvalue weighted by Gasteiger charge is -2.26. The zero-order chi connectivity index (χ0) is 18.3. The number of carbonyl (C=O) groups excluding carboxylic acids is 2. The number of hydrogen-bond acceptors (Lipinski definition) is 4. The molecule has 2 heterocycles. The molecule has 0 radical (unpaired) electrons. The fourth-order valence-electron chi connectivity index (χ4n) is 3.67. The fourth-order valence-corrected chi connectivity index (χ4v) is 3.67. The van der Waals surface area contributed by atoms with Gasteiger partial charge >= 0.3 is 0 Å². The molecule has 26 heavy (non-hydrogen) atoms. The van der Waals surface area contributed by atoms with Crippen molar-refractivity contribution in [3.63, 3.8) is 0 Å². The van der Waals surface area contributed by atoms with Gasteiger partial charge in [0.2, 0.25) is 18.6 Å². The van der Waals surface area contributed by atoms with E-state index in [0.29, 0.717) is 30.0 Å². The smallest absolute Gasteiger partial charge is 0.231 e. The molecule has 0 bridgehead atoms. The fraction of sp³-hybridized carbons (Fsp3) is 0.600. The Morgan fingerprint density at radius 3 is 2.77 bits per heavy atom. The molecular weight excluding hydrogens is 332 g/mol. The van der Waals surface area contributed by atoms with Gasteiger partial charge in [-0.15, -0.1) is 0 Å². The predicted octanol–water partition coefficient (Wildman–Crippen LogP) is 2.81. The summed E-state index contributed by atoms with van der Waals surface area (Å²) < 4.78 is 10.7. The highest BCUT2D eigenvalue weighted by Crippen LogP contribution is 2.38. The van der Waals surface area contributed by atoms with Crippen LogP contribution in [-0.4, -0.2) is 42.6 Å². The molecule has 0 spiro atoms. The Labute approximate surface area is 154 Å². The number of nitrogens with zero attached hydrogens (tertiary/aromatic N) is 2. The average molecular weight is 358 g/mol. The molecule has 2 fully saturated rings. The Hall–Kier alpha value is -2.24. The second kappa shape index (κ2) is 6.82. The molecule has 3 aliphatic rings. The number of anilines is 1. The first-order valence-corrected chi connectivity index (χ1v) is 9.53. The molecule has 140 valence electrons. The second-order valence-electron chi connectivity index (χ2n) is 7.89. The van der Waals surface area contributed by atoms with Gasteiger partial charge in [0.05, 0.1) is 5.92 Å². The van der Waals surface area contributed by atoms with Crippen LogP contribution in [0.4, 0.5) is 5.69 Å². The first-order chi connectivity index (χ1) is 12.5. The normalized spacial score (nSPS) is 21.6. The lowest BCUT2D eigenvalue weighted by Crippen LogP contribution is -2.40. The van der Waals surface area contributed by atoms with E-state index in [9.17, 15) is 9.59 Å². The van der Waals surface area contributed by atoms with E-state index in [4.69, 9.17) is 9.47 Å². The van der Waals surface area contributed by atoms with Crippen molar-refractivity contribution in [3.05, 3.63) is 18.2 Å². The Bertz CT molecular complexity index is 714. The van der Waals surface area contributed by atoms with Crippen molar-refractivity contribution in [2.75, 3.05) is 24.8 Å². The van der Waals surface area contributed by atoms with Crippen LogP contribution in [0.2, 0.25) is 0 Å². The van der Waals surface area contributed by atoms with Crippen LogP contribution in [-0.2, 0) is 9.59 Å². The monoisotopic (exact) mass is 358 g/mol. The SMILES string of the molecule is CC(C)CCN(C(=O)C1CC(=O)N(c2ccc3c(c2)OCO3)C1)C1CC1. The first kappa shape index (κ1) is 17.2. The van der Waals surface area contributed by atoms with Crippen molar-refractivity contribution >= 4 is 17.5 Å². The second-order valence-corrected chi connectivity index (χ2v) is 7.89. The topological polar surface area (TPSA) is 59.1 Å². The van der Waals surface area contributed by atoms with E-state index in [0.717, 1.165) is 31.5 Å².